The molecular formula is C11H12F3N3. The van der Waals surface area contributed by atoms with E-state index in [1.807, 2.05) is 4.90 Å². The zero-order valence-electron chi connectivity index (χ0n) is 9.04. The molecule has 0 unspecified atom stereocenters. The van der Waals surface area contributed by atoms with Gasteiger partial charge < -0.3 is 10.6 Å². The summed E-state index contributed by atoms with van der Waals surface area (Å²) in [6, 6.07) is 5.10. The van der Waals surface area contributed by atoms with Crippen molar-refractivity contribution in [2.45, 2.75) is 12.7 Å². The van der Waals surface area contributed by atoms with Crippen LogP contribution in [0.25, 0.3) is 0 Å². The zero-order chi connectivity index (χ0) is 12.5. The topological polar surface area (TPSA) is 41.6 Å². The largest absolute Gasteiger partial charge is 0.416 e. The predicted octanol–water partition coefficient (Wildman–Crippen LogP) is 1.84. The minimum Gasteiger partial charge on any atom is -0.370 e. The van der Waals surface area contributed by atoms with E-state index < -0.39 is 11.7 Å². The first-order valence-corrected chi connectivity index (χ1v) is 5.18. The molecule has 6 heteroatoms. The van der Waals surface area contributed by atoms with Crippen molar-refractivity contribution in [1.82, 2.24) is 4.90 Å². The highest BCUT2D eigenvalue weighted by Crippen LogP contribution is 2.29. The lowest BCUT2D eigenvalue weighted by Gasteiger charge is -2.17. The van der Waals surface area contributed by atoms with E-state index >= 15 is 0 Å². The van der Waals surface area contributed by atoms with E-state index in [-0.39, 0.29) is 0 Å². The van der Waals surface area contributed by atoms with Crippen LogP contribution in [0.1, 0.15) is 11.1 Å². The molecule has 0 aromatic heterocycles. The van der Waals surface area contributed by atoms with Gasteiger partial charge in [-0.15, -0.1) is 0 Å². The third kappa shape index (κ3) is 2.69. The van der Waals surface area contributed by atoms with Gasteiger partial charge in [0.1, 0.15) is 0 Å². The number of nitrogens with zero attached hydrogens (tertiary/aromatic N) is 2. The van der Waals surface area contributed by atoms with Crippen molar-refractivity contribution >= 4 is 5.96 Å². The van der Waals surface area contributed by atoms with Crippen LogP contribution in [0.4, 0.5) is 13.2 Å². The number of alkyl halides is 3. The van der Waals surface area contributed by atoms with Gasteiger partial charge >= 0.3 is 6.18 Å². The summed E-state index contributed by atoms with van der Waals surface area (Å²) in [5, 5.41) is 0. The Morgan fingerprint density at radius 1 is 1.24 bits per heavy atom. The molecule has 1 aliphatic rings. The average molecular weight is 243 g/mol. The van der Waals surface area contributed by atoms with Crippen LogP contribution in [0.5, 0.6) is 0 Å². The van der Waals surface area contributed by atoms with Gasteiger partial charge in [0.25, 0.3) is 0 Å². The van der Waals surface area contributed by atoms with E-state index in [0.29, 0.717) is 25.6 Å². The quantitative estimate of drug-likeness (QED) is 0.861. The third-order valence-corrected chi connectivity index (χ3v) is 2.62. The van der Waals surface area contributed by atoms with Gasteiger partial charge in [-0.25, -0.2) is 0 Å². The summed E-state index contributed by atoms with van der Waals surface area (Å²) in [4.78, 5) is 5.85. The zero-order valence-corrected chi connectivity index (χ0v) is 9.04. The van der Waals surface area contributed by atoms with E-state index in [1.165, 1.54) is 12.1 Å². The Morgan fingerprint density at radius 2 is 1.88 bits per heavy atom. The van der Waals surface area contributed by atoms with Gasteiger partial charge in [-0.3, -0.25) is 4.99 Å². The normalized spacial score (nSPS) is 16.2. The predicted molar refractivity (Wildman–Crippen MR) is 58.3 cm³/mol. The van der Waals surface area contributed by atoms with Crippen LogP contribution in [0.2, 0.25) is 0 Å². The van der Waals surface area contributed by atoms with E-state index in [1.54, 1.807) is 0 Å². The molecule has 1 aliphatic heterocycles. The number of halogens is 3. The summed E-state index contributed by atoms with van der Waals surface area (Å²) in [5.41, 5.74) is 5.78. The minimum atomic E-state index is -4.29. The van der Waals surface area contributed by atoms with Crippen LogP contribution in [-0.4, -0.2) is 23.9 Å². The van der Waals surface area contributed by atoms with Gasteiger partial charge in [0.2, 0.25) is 0 Å². The number of hydrogen-bond acceptors (Lipinski definition) is 3. The van der Waals surface area contributed by atoms with Gasteiger partial charge in [-0.2, -0.15) is 13.2 Å². The van der Waals surface area contributed by atoms with Crippen LogP contribution in [0.15, 0.2) is 29.3 Å². The van der Waals surface area contributed by atoms with Crippen molar-refractivity contribution < 1.29 is 13.2 Å². The van der Waals surface area contributed by atoms with Crippen molar-refractivity contribution in [3.05, 3.63) is 35.4 Å². The lowest BCUT2D eigenvalue weighted by Crippen LogP contribution is -2.33. The summed E-state index contributed by atoms with van der Waals surface area (Å²) in [5.74, 6) is 0.449. The average Bonchev–Trinajstić information content (AvgIpc) is 2.64. The second kappa shape index (κ2) is 4.27. The van der Waals surface area contributed by atoms with Crippen LogP contribution < -0.4 is 5.73 Å². The van der Waals surface area contributed by atoms with Gasteiger partial charge in [0.15, 0.2) is 5.96 Å². The molecule has 0 bridgehead atoms. The standard InChI is InChI=1S/C11H12F3N3/c12-11(13,14)9-3-1-8(2-4-9)7-17-6-5-16-10(17)15/h1-4H,5-7H2,(H2,15,16). The molecule has 92 valence electrons. The number of aliphatic imine (C=N–C) groups is 1. The summed E-state index contributed by atoms with van der Waals surface area (Å²) in [6.45, 7) is 1.85. The fourth-order valence-electron chi connectivity index (χ4n) is 1.68. The maximum atomic E-state index is 12.3. The monoisotopic (exact) mass is 243 g/mol. The minimum absolute atomic E-state index is 0.449. The van der Waals surface area contributed by atoms with E-state index in [9.17, 15) is 13.2 Å². The van der Waals surface area contributed by atoms with Crippen molar-refractivity contribution in [3.8, 4) is 0 Å². The van der Waals surface area contributed by atoms with Gasteiger partial charge in [-0.05, 0) is 17.7 Å². The van der Waals surface area contributed by atoms with Gasteiger partial charge in [0.05, 0.1) is 12.1 Å². The van der Waals surface area contributed by atoms with Crippen LogP contribution in [-0.2, 0) is 12.7 Å². The second-order valence-corrected chi connectivity index (χ2v) is 3.86. The Hall–Kier alpha value is -1.72. The molecule has 1 heterocycles. The lowest BCUT2D eigenvalue weighted by atomic mass is 10.1. The molecule has 0 atom stereocenters. The number of guanidine groups is 1. The molecule has 1 aromatic carbocycles. The molecule has 0 saturated heterocycles. The lowest BCUT2D eigenvalue weighted by molar-refractivity contribution is -0.137. The highest BCUT2D eigenvalue weighted by atomic mass is 19.4. The third-order valence-electron chi connectivity index (χ3n) is 2.62. The van der Waals surface area contributed by atoms with Crippen molar-refractivity contribution in [2.24, 2.45) is 10.7 Å². The van der Waals surface area contributed by atoms with Crippen LogP contribution in [0.3, 0.4) is 0 Å². The molecule has 17 heavy (non-hydrogen) atoms. The van der Waals surface area contributed by atoms with Gasteiger partial charge in [0, 0.05) is 13.1 Å². The molecule has 0 spiro atoms. The molecule has 2 rings (SSSR count). The smallest absolute Gasteiger partial charge is 0.370 e. The molecule has 1 aromatic rings. The number of hydrogen-bond donors (Lipinski definition) is 1. The van der Waals surface area contributed by atoms with Crippen molar-refractivity contribution in [3.63, 3.8) is 0 Å². The first-order chi connectivity index (χ1) is 7.97. The molecule has 0 aliphatic carbocycles. The molecule has 3 nitrogen and oxygen atoms in total. The first-order valence-electron chi connectivity index (χ1n) is 5.18. The Morgan fingerprint density at radius 3 is 2.35 bits per heavy atom. The van der Waals surface area contributed by atoms with Crippen molar-refractivity contribution in [1.29, 1.82) is 0 Å². The Balaban J connectivity index is 2.06. The fourth-order valence-corrected chi connectivity index (χ4v) is 1.68. The molecule has 0 amide bonds. The maximum Gasteiger partial charge on any atom is 0.416 e. The van der Waals surface area contributed by atoms with Crippen molar-refractivity contribution in [2.75, 3.05) is 13.1 Å². The fraction of sp³-hybridized carbons (Fsp3) is 0.364. The van der Waals surface area contributed by atoms with Crippen LogP contribution >= 0.6 is 0 Å². The summed E-state index contributed by atoms with van der Waals surface area (Å²) in [7, 11) is 0. The number of nitrogens with two attached hydrogens (primary N) is 1. The highest BCUT2D eigenvalue weighted by molar-refractivity contribution is 5.79. The molecule has 0 radical (unpaired) electrons. The SMILES string of the molecule is NC1=NCCN1Cc1ccc(C(F)(F)F)cc1. The summed E-state index contributed by atoms with van der Waals surface area (Å²) in [6.07, 6.45) is -4.29. The highest BCUT2D eigenvalue weighted by Gasteiger charge is 2.30. The number of rotatable bonds is 2. The number of benzene rings is 1. The van der Waals surface area contributed by atoms with E-state index in [0.717, 1.165) is 17.7 Å². The maximum absolute atomic E-state index is 12.3. The molecule has 0 fully saturated rings. The Kier molecular flexibility index (Phi) is 2.95. The molecular weight excluding hydrogens is 231 g/mol. The van der Waals surface area contributed by atoms with E-state index in [4.69, 9.17) is 5.73 Å². The van der Waals surface area contributed by atoms with Crippen LogP contribution in [0, 0.1) is 0 Å². The molecule has 0 saturated carbocycles. The van der Waals surface area contributed by atoms with Gasteiger partial charge in [-0.1, -0.05) is 12.1 Å². The van der Waals surface area contributed by atoms with E-state index in [2.05, 4.69) is 4.99 Å². The molecule has 2 N–H and O–H groups in total. The summed E-state index contributed by atoms with van der Waals surface area (Å²) >= 11 is 0. The second-order valence-electron chi connectivity index (χ2n) is 3.86. The summed E-state index contributed by atoms with van der Waals surface area (Å²) < 4.78 is 37.0. The Bertz CT molecular complexity index is 423. The first kappa shape index (κ1) is 11.8. The Labute approximate surface area is 96.7 Å².